The number of ether oxygens (including phenoxy) is 1. The molecule has 0 aliphatic carbocycles. The van der Waals surface area contributed by atoms with Gasteiger partial charge >= 0.3 is 0 Å². The van der Waals surface area contributed by atoms with Crippen LogP contribution in [0.5, 0.6) is 5.88 Å². The number of hydrogen-bond acceptors (Lipinski definition) is 3. The first-order valence-corrected chi connectivity index (χ1v) is 5.40. The molecule has 84 valence electrons. The third-order valence-electron chi connectivity index (χ3n) is 2.21. The number of benzene rings is 1. The van der Waals surface area contributed by atoms with Crippen molar-refractivity contribution in [1.29, 1.82) is 5.26 Å². The highest BCUT2D eigenvalue weighted by atomic mass is 35.5. The van der Waals surface area contributed by atoms with E-state index in [0.717, 1.165) is 5.56 Å². The number of aromatic nitrogens is 1. The van der Waals surface area contributed by atoms with Gasteiger partial charge in [0.05, 0.1) is 11.6 Å². The minimum Gasteiger partial charge on any atom is -0.473 e. The Morgan fingerprint density at radius 2 is 2.12 bits per heavy atom. The van der Waals surface area contributed by atoms with Gasteiger partial charge in [0.2, 0.25) is 5.88 Å². The van der Waals surface area contributed by atoms with E-state index in [4.69, 9.17) is 21.6 Å². The summed E-state index contributed by atoms with van der Waals surface area (Å²) in [5.41, 5.74) is 1.44. The van der Waals surface area contributed by atoms with Crippen LogP contribution in [0.4, 0.5) is 0 Å². The molecule has 0 aliphatic rings. The molecule has 3 nitrogen and oxygen atoms in total. The summed E-state index contributed by atoms with van der Waals surface area (Å²) in [5, 5.41) is 9.49. The lowest BCUT2D eigenvalue weighted by molar-refractivity contribution is 0.293. The van der Waals surface area contributed by atoms with Gasteiger partial charge in [-0.05, 0) is 12.1 Å². The average Bonchev–Trinajstić information content (AvgIpc) is 2.37. The minimum atomic E-state index is 0.303. The van der Waals surface area contributed by atoms with Gasteiger partial charge in [-0.15, -0.1) is 0 Å². The molecule has 0 bridgehead atoms. The molecule has 0 saturated heterocycles. The molecule has 0 unspecified atom stereocenters. The number of pyridine rings is 1. The highest BCUT2D eigenvalue weighted by Crippen LogP contribution is 2.16. The first kappa shape index (κ1) is 11.4. The van der Waals surface area contributed by atoms with Gasteiger partial charge in [0.1, 0.15) is 6.61 Å². The van der Waals surface area contributed by atoms with Gasteiger partial charge in [0.15, 0.2) is 0 Å². The van der Waals surface area contributed by atoms with E-state index in [-0.39, 0.29) is 0 Å². The van der Waals surface area contributed by atoms with E-state index in [0.29, 0.717) is 23.1 Å². The van der Waals surface area contributed by atoms with E-state index in [9.17, 15) is 0 Å². The van der Waals surface area contributed by atoms with Crippen molar-refractivity contribution in [2.75, 3.05) is 0 Å². The molecule has 2 rings (SSSR count). The summed E-state index contributed by atoms with van der Waals surface area (Å²) in [5.74, 6) is 0.449. The Kier molecular flexibility index (Phi) is 3.59. The van der Waals surface area contributed by atoms with E-state index in [1.54, 1.807) is 24.4 Å². The smallest absolute Gasteiger partial charge is 0.215 e. The molecule has 0 aliphatic heterocycles. The Labute approximate surface area is 104 Å². The van der Waals surface area contributed by atoms with Crippen LogP contribution in [0.1, 0.15) is 11.1 Å². The van der Waals surface area contributed by atoms with Gasteiger partial charge in [-0.3, -0.25) is 0 Å². The second kappa shape index (κ2) is 5.33. The highest BCUT2D eigenvalue weighted by Gasteiger charge is 2.02. The van der Waals surface area contributed by atoms with Crippen molar-refractivity contribution in [3.63, 3.8) is 0 Å². The monoisotopic (exact) mass is 244 g/mol. The Morgan fingerprint density at radius 3 is 2.88 bits per heavy atom. The molecule has 17 heavy (non-hydrogen) atoms. The fraction of sp³-hybridized carbons (Fsp3) is 0.0769. The summed E-state index contributed by atoms with van der Waals surface area (Å²) in [6.07, 6.45) is 1.58. The van der Waals surface area contributed by atoms with Crippen molar-refractivity contribution in [2.24, 2.45) is 0 Å². The maximum absolute atomic E-state index is 8.92. The summed E-state index contributed by atoms with van der Waals surface area (Å²) in [7, 11) is 0. The van der Waals surface area contributed by atoms with Gasteiger partial charge < -0.3 is 4.74 Å². The predicted octanol–water partition coefficient (Wildman–Crippen LogP) is 3.19. The number of rotatable bonds is 3. The van der Waals surface area contributed by atoms with Crippen LogP contribution in [0.3, 0.4) is 0 Å². The summed E-state index contributed by atoms with van der Waals surface area (Å²) < 4.78 is 5.47. The molecule has 0 spiro atoms. The van der Waals surface area contributed by atoms with Crippen molar-refractivity contribution in [3.05, 3.63) is 58.7 Å². The van der Waals surface area contributed by atoms with E-state index in [2.05, 4.69) is 11.1 Å². The maximum atomic E-state index is 8.92. The first-order valence-electron chi connectivity index (χ1n) is 5.02. The Bertz CT molecular complexity index is 563. The zero-order valence-electron chi connectivity index (χ0n) is 8.93. The molecule has 0 radical (unpaired) electrons. The lowest BCUT2D eigenvalue weighted by Gasteiger charge is -2.06. The summed E-state index contributed by atoms with van der Waals surface area (Å²) in [6.45, 7) is 0.303. The molecule has 1 aromatic carbocycles. The average molecular weight is 245 g/mol. The zero-order chi connectivity index (χ0) is 12.1. The minimum absolute atomic E-state index is 0.303. The molecule has 0 N–H and O–H groups in total. The summed E-state index contributed by atoms with van der Waals surface area (Å²) >= 11 is 5.81. The van der Waals surface area contributed by atoms with E-state index >= 15 is 0 Å². The second-order valence-corrected chi connectivity index (χ2v) is 3.81. The number of halogens is 1. The Hall–Kier alpha value is -2.05. The SMILES string of the molecule is N#Cc1ccccc1COc1cc(Cl)ccn1. The van der Waals surface area contributed by atoms with Gasteiger partial charge in [-0.2, -0.15) is 5.26 Å². The molecule has 4 heteroatoms. The van der Waals surface area contributed by atoms with Crippen LogP contribution in [0.15, 0.2) is 42.6 Å². The third-order valence-corrected chi connectivity index (χ3v) is 2.45. The standard InChI is InChI=1S/C13H9ClN2O/c14-12-5-6-16-13(7-12)17-9-11-4-2-1-3-10(11)8-15/h1-7H,9H2. The quantitative estimate of drug-likeness (QED) is 0.833. The second-order valence-electron chi connectivity index (χ2n) is 3.37. The largest absolute Gasteiger partial charge is 0.473 e. The zero-order valence-corrected chi connectivity index (χ0v) is 9.69. The number of nitriles is 1. The third kappa shape index (κ3) is 2.96. The van der Waals surface area contributed by atoms with Crippen LogP contribution >= 0.6 is 11.6 Å². The summed E-state index contributed by atoms with van der Waals surface area (Å²) in [4.78, 5) is 4.02. The number of nitrogens with zero attached hydrogens (tertiary/aromatic N) is 2. The van der Waals surface area contributed by atoms with Crippen molar-refractivity contribution in [2.45, 2.75) is 6.61 Å². The van der Waals surface area contributed by atoms with Crippen LogP contribution in [-0.2, 0) is 6.61 Å². The van der Waals surface area contributed by atoms with E-state index in [1.165, 1.54) is 0 Å². The van der Waals surface area contributed by atoms with Crippen LogP contribution in [0.25, 0.3) is 0 Å². The number of hydrogen-bond donors (Lipinski definition) is 0. The van der Waals surface area contributed by atoms with Crippen molar-refractivity contribution in [1.82, 2.24) is 4.98 Å². The van der Waals surface area contributed by atoms with Crippen LogP contribution in [0.2, 0.25) is 5.02 Å². The first-order chi connectivity index (χ1) is 8.29. The van der Waals surface area contributed by atoms with E-state index < -0.39 is 0 Å². The normalized spacial score (nSPS) is 9.65. The lowest BCUT2D eigenvalue weighted by Crippen LogP contribution is -1.99. The summed E-state index contributed by atoms with van der Waals surface area (Å²) in [6, 6.07) is 12.7. The van der Waals surface area contributed by atoms with Gasteiger partial charge in [-0.1, -0.05) is 29.8 Å². The molecule has 0 amide bonds. The molecule has 1 heterocycles. The maximum Gasteiger partial charge on any atom is 0.215 e. The highest BCUT2D eigenvalue weighted by molar-refractivity contribution is 6.30. The van der Waals surface area contributed by atoms with E-state index in [1.807, 2.05) is 18.2 Å². The molecule has 0 atom stereocenters. The molecular formula is C13H9ClN2O. The van der Waals surface area contributed by atoms with Gasteiger partial charge in [-0.25, -0.2) is 4.98 Å². The Balaban J connectivity index is 2.10. The molecule has 1 aromatic heterocycles. The lowest BCUT2D eigenvalue weighted by atomic mass is 10.1. The van der Waals surface area contributed by atoms with Crippen LogP contribution in [-0.4, -0.2) is 4.98 Å². The van der Waals surface area contributed by atoms with Crippen LogP contribution in [0, 0.1) is 11.3 Å². The topological polar surface area (TPSA) is 45.9 Å². The van der Waals surface area contributed by atoms with Gasteiger partial charge in [0.25, 0.3) is 0 Å². The molecular weight excluding hydrogens is 236 g/mol. The van der Waals surface area contributed by atoms with Crippen molar-refractivity contribution >= 4 is 11.6 Å². The van der Waals surface area contributed by atoms with Crippen molar-refractivity contribution in [3.8, 4) is 11.9 Å². The van der Waals surface area contributed by atoms with Crippen LogP contribution < -0.4 is 4.74 Å². The Morgan fingerprint density at radius 1 is 1.29 bits per heavy atom. The molecule has 0 saturated carbocycles. The fourth-order valence-corrected chi connectivity index (χ4v) is 1.52. The molecule has 0 fully saturated rings. The fourth-order valence-electron chi connectivity index (χ4n) is 1.37. The molecule has 2 aromatic rings. The van der Waals surface area contributed by atoms with Gasteiger partial charge in [0, 0.05) is 22.8 Å². The predicted molar refractivity (Wildman–Crippen MR) is 64.7 cm³/mol. The van der Waals surface area contributed by atoms with Crippen molar-refractivity contribution < 1.29 is 4.74 Å².